The highest BCUT2D eigenvalue weighted by molar-refractivity contribution is 5.69. The van der Waals surface area contributed by atoms with Crippen LogP contribution in [0.1, 0.15) is 39.3 Å². The van der Waals surface area contributed by atoms with E-state index in [0.717, 1.165) is 18.7 Å². The van der Waals surface area contributed by atoms with Crippen molar-refractivity contribution in [2.24, 2.45) is 11.8 Å². The van der Waals surface area contributed by atoms with E-state index in [2.05, 4.69) is 12.2 Å². The molecule has 3 unspecified atom stereocenters. The van der Waals surface area contributed by atoms with Crippen LogP contribution in [0.5, 0.6) is 0 Å². The van der Waals surface area contributed by atoms with Crippen LogP contribution in [0.4, 0.5) is 9.18 Å². The summed E-state index contributed by atoms with van der Waals surface area (Å²) in [7, 11) is 0. The average Bonchev–Trinajstić information content (AvgIpc) is 2.90. The van der Waals surface area contributed by atoms with Gasteiger partial charge in [0.05, 0.1) is 0 Å². The maximum Gasteiger partial charge on any atom is 0.410 e. The summed E-state index contributed by atoms with van der Waals surface area (Å²) in [5, 5.41) is 3.60. The summed E-state index contributed by atoms with van der Waals surface area (Å²) in [6.07, 6.45) is -0.213. The lowest BCUT2D eigenvalue weighted by Gasteiger charge is -2.26. The Kier molecular flexibility index (Phi) is 4.08. The van der Waals surface area contributed by atoms with E-state index in [1.54, 1.807) is 4.90 Å². The molecule has 1 aliphatic carbocycles. The van der Waals surface area contributed by atoms with E-state index in [-0.39, 0.29) is 18.0 Å². The fourth-order valence-electron chi connectivity index (χ4n) is 3.39. The summed E-state index contributed by atoms with van der Waals surface area (Å²) in [5.41, 5.74) is 0.638. The fourth-order valence-corrected chi connectivity index (χ4v) is 3.39. The maximum atomic E-state index is 13.0. The molecule has 0 spiro atoms. The van der Waals surface area contributed by atoms with Crippen LogP contribution < -0.4 is 5.32 Å². The maximum absolute atomic E-state index is 13.0. The number of piperidine rings is 1. The number of likely N-dealkylation sites (tertiary alicyclic amines) is 1. The second kappa shape index (κ2) is 5.78. The number of hydrogen-bond acceptors (Lipinski definition) is 3. The number of nitrogens with zero attached hydrogens (tertiary/aromatic N) is 1. The Morgan fingerprint density at radius 2 is 1.83 bits per heavy atom. The van der Waals surface area contributed by atoms with Gasteiger partial charge in [0.25, 0.3) is 0 Å². The van der Waals surface area contributed by atoms with Gasteiger partial charge < -0.3 is 15.0 Å². The normalized spacial score (nSPS) is 27.5. The first-order valence-electron chi connectivity index (χ1n) is 8.24. The van der Waals surface area contributed by atoms with Crippen LogP contribution in [0.3, 0.4) is 0 Å². The SMILES string of the molecule is CC(NC1C2CN(C(=O)OC(C)(C)C)CC21)c1ccc(F)cc1. The van der Waals surface area contributed by atoms with E-state index >= 15 is 0 Å². The van der Waals surface area contributed by atoms with E-state index in [0.29, 0.717) is 17.9 Å². The molecule has 4 nitrogen and oxygen atoms in total. The standard InChI is InChI=1S/C18H25FN2O2/c1-11(12-5-7-13(19)8-6-12)20-16-14-9-21(10-15(14)16)17(22)23-18(2,3)4/h5-8,11,14-16,20H,9-10H2,1-4H3. The number of rotatable bonds is 3. The van der Waals surface area contributed by atoms with Gasteiger partial charge in [0.2, 0.25) is 0 Å². The van der Waals surface area contributed by atoms with Crippen molar-refractivity contribution >= 4 is 6.09 Å². The molecule has 1 N–H and O–H groups in total. The van der Waals surface area contributed by atoms with Gasteiger partial charge in [-0.15, -0.1) is 0 Å². The van der Waals surface area contributed by atoms with Crippen molar-refractivity contribution in [3.63, 3.8) is 0 Å². The van der Waals surface area contributed by atoms with Gasteiger partial charge in [0, 0.05) is 25.2 Å². The lowest BCUT2D eigenvalue weighted by molar-refractivity contribution is 0.0269. The summed E-state index contributed by atoms with van der Waals surface area (Å²) < 4.78 is 18.4. The third kappa shape index (κ3) is 3.66. The van der Waals surface area contributed by atoms with Crippen LogP contribution >= 0.6 is 0 Å². The largest absolute Gasteiger partial charge is 0.444 e. The third-order valence-electron chi connectivity index (χ3n) is 4.66. The number of halogens is 1. The predicted octanol–water partition coefficient (Wildman–Crippen LogP) is 3.34. The minimum Gasteiger partial charge on any atom is -0.444 e. The molecule has 1 aromatic carbocycles. The molecular weight excluding hydrogens is 295 g/mol. The molecule has 0 aromatic heterocycles. The van der Waals surface area contributed by atoms with Crippen molar-refractivity contribution < 1.29 is 13.9 Å². The van der Waals surface area contributed by atoms with Crippen LogP contribution in [0, 0.1) is 17.7 Å². The van der Waals surface area contributed by atoms with E-state index in [9.17, 15) is 9.18 Å². The van der Waals surface area contributed by atoms with Gasteiger partial charge in [0.15, 0.2) is 0 Å². The number of hydrogen-bond donors (Lipinski definition) is 1. The molecule has 3 atom stereocenters. The molecule has 1 saturated carbocycles. The zero-order chi connectivity index (χ0) is 16.8. The molecule has 0 radical (unpaired) electrons. The Hall–Kier alpha value is -1.62. The van der Waals surface area contributed by atoms with Crippen molar-refractivity contribution in [2.75, 3.05) is 13.1 Å². The lowest BCUT2D eigenvalue weighted by Crippen LogP contribution is -2.39. The first-order valence-corrected chi connectivity index (χ1v) is 8.24. The average molecular weight is 320 g/mol. The molecule has 1 saturated heterocycles. The van der Waals surface area contributed by atoms with Crippen LogP contribution in [0.2, 0.25) is 0 Å². The Balaban J connectivity index is 1.48. The Morgan fingerprint density at radius 1 is 1.26 bits per heavy atom. The van der Waals surface area contributed by atoms with Crippen molar-refractivity contribution in [3.05, 3.63) is 35.6 Å². The van der Waals surface area contributed by atoms with Crippen molar-refractivity contribution in [1.29, 1.82) is 0 Å². The second-order valence-corrected chi connectivity index (χ2v) is 7.68. The van der Waals surface area contributed by atoms with E-state index < -0.39 is 5.60 Å². The van der Waals surface area contributed by atoms with Gasteiger partial charge >= 0.3 is 6.09 Å². The van der Waals surface area contributed by atoms with Crippen LogP contribution in [-0.2, 0) is 4.74 Å². The lowest BCUT2D eigenvalue weighted by atomic mass is 10.1. The van der Waals surface area contributed by atoms with Crippen LogP contribution in [-0.4, -0.2) is 35.7 Å². The highest BCUT2D eigenvalue weighted by Gasteiger charge is 2.57. The van der Waals surface area contributed by atoms with Gasteiger partial charge in [-0.05, 0) is 57.2 Å². The van der Waals surface area contributed by atoms with Gasteiger partial charge in [-0.3, -0.25) is 0 Å². The fraction of sp³-hybridized carbons (Fsp3) is 0.611. The van der Waals surface area contributed by atoms with Crippen LogP contribution in [0.15, 0.2) is 24.3 Å². The minimum atomic E-state index is -0.446. The summed E-state index contributed by atoms with van der Waals surface area (Å²) in [4.78, 5) is 13.9. The summed E-state index contributed by atoms with van der Waals surface area (Å²) in [6.45, 7) is 9.26. The summed E-state index contributed by atoms with van der Waals surface area (Å²) in [5.74, 6) is 0.799. The van der Waals surface area contributed by atoms with Crippen molar-refractivity contribution in [3.8, 4) is 0 Å². The van der Waals surface area contributed by atoms with E-state index in [1.807, 2.05) is 32.9 Å². The summed E-state index contributed by atoms with van der Waals surface area (Å²) in [6, 6.07) is 7.24. The number of amides is 1. The number of fused-ring (bicyclic) bond motifs is 1. The molecular formula is C18H25FN2O2. The van der Waals surface area contributed by atoms with Gasteiger partial charge in [-0.2, -0.15) is 0 Å². The molecule has 23 heavy (non-hydrogen) atoms. The Labute approximate surface area is 137 Å². The van der Waals surface area contributed by atoms with Crippen LogP contribution in [0.25, 0.3) is 0 Å². The molecule has 2 fully saturated rings. The molecule has 5 heteroatoms. The number of nitrogens with one attached hydrogen (secondary N) is 1. The highest BCUT2D eigenvalue weighted by Crippen LogP contribution is 2.46. The first kappa shape index (κ1) is 16.2. The smallest absolute Gasteiger partial charge is 0.410 e. The zero-order valence-electron chi connectivity index (χ0n) is 14.2. The number of ether oxygens (including phenoxy) is 1. The molecule has 0 bridgehead atoms. The third-order valence-corrected chi connectivity index (χ3v) is 4.66. The Morgan fingerprint density at radius 3 is 2.35 bits per heavy atom. The molecule has 1 aromatic rings. The van der Waals surface area contributed by atoms with E-state index in [1.165, 1.54) is 12.1 Å². The predicted molar refractivity (Wildman–Crippen MR) is 86.5 cm³/mol. The Bertz CT molecular complexity index is 570. The van der Waals surface area contributed by atoms with Crippen molar-refractivity contribution in [1.82, 2.24) is 10.2 Å². The molecule has 1 amide bonds. The number of benzene rings is 1. The molecule has 2 aliphatic rings. The molecule has 3 rings (SSSR count). The topological polar surface area (TPSA) is 41.6 Å². The van der Waals surface area contributed by atoms with Gasteiger partial charge in [0.1, 0.15) is 11.4 Å². The van der Waals surface area contributed by atoms with Gasteiger partial charge in [-0.25, -0.2) is 9.18 Å². The number of carbonyl (C=O) groups excluding carboxylic acids is 1. The molecule has 126 valence electrons. The van der Waals surface area contributed by atoms with E-state index in [4.69, 9.17) is 4.74 Å². The molecule has 1 heterocycles. The van der Waals surface area contributed by atoms with Gasteiger partial charge in [-0.1, -0.05) is 12.1 Å². The quantitative estimate of drug-likeness (QED) is 0.929. The molecule has 1 aliphatic heterocycles. The number of carbonyl (C=O) groups is 1. The summed E-state index contributed by atoms with van der Waals surface area (Å²) >= 11 is 0. The first-order chi connectivity index (χ1) is 10.7. The highest BCUT2D eigenvalue weighted by atomic mass is 19.1. The zero-order valence-corrected chi connectivity index (χ0v) is 14.2. The van der Waals surface area contributed by atoms with Crippen molar-refractivity contribution in [2.45, 2.75) is 45.4 Å². The minimum absolute atomic E-state index is 0.182. The second-order valence-electron chi connectivity index (χ2n) is 7.68. The monoisotopic (exact) mass is 320 g/mol.